The molecular weight excluding hydrogens is 226 g/mol. The Bertz CT molecular complexity index is 414. The number of likely N-dealkylation sites (tertiary alicyclic amines) is 1. The molecule has 0 bridgehead atoms. The van der Waals surface area contributed by atoms with Gasteiger partial charge in [0.2, 0.25) is 0 Å². The first-order valence-corrected chi connectivity index (χ1v) is 6.79. The summed E-state index contributed by atoms with van der Waals surface area (Å²) in [6.07, 6.45) is 3.86. The van der Waals surface area contributed by atoms with E-state index in [1.165, 1.54) is 12.8 Å². The first kappa shape index (κ1) is 11.7. The third-order valence-corrected chi connectivity index (χ3v) is 3.72. The molecule has 1 aromatic carbocycles. The monoisotopic (exact) mass is 245 g/mol. The first-order chi connectivity index (χ1) is 8.83. The molecule has 3 rings (SSSR count). The summed E-state index contributed by atoms with van der Waals surface area (Å²) >= 11 is 0. The van der Waals surface area contributed by atoms with E-state index in [9.17, 15) is 4.79 Å². The summed E-state index contributed by atoms with van der Waals surface area (Å²) in [7, 11) is 0. The Balaban J connectivity index is 1.53. The van der Waals surface area contributed by atoms with Crippen LogP contribution in [0.2, 0.25) is 0 Å². The number of ether oxygens (including phenoxy) is 1. The Hall–Kier alpha value is -1.35. The molecule has 1 saturated heterocycles. The zero-order valence-corrected chi connectivity index (χ0v) is 10.5. The molecule has 1 heterocycles. The van der Waals surface area contributed by atoms with Crippen molar-refractivity contribution in [2.24, 2.45) is 5.92 Å². The Morgan fingerprint density at radius 1 is 1.22 bits per heavy atom. The van der Waals surface area contributed by atoms with Crippen LogP contribution in [0.4, 0.5) is 0 Å². The number of benzene rings is 1. The van der Waals surface area contributed by atoms with Crippen LogP contribution >= 0.6 is 0 Å². The predicted octanol–water partition coefficient (Wildman–Crippen LogP) is 2.33. The lowest BCUT2D eigenvalue weighted by atomic mass is 10.2. The van der Waals surface area contributed by atoms with Gasteiger partial charge in [-0.3, -0.25) is 4.79 Å². The van der Waals surface area contributed by atoms with Gasteiger partial charge in [-0.1, -0.05) is 18.2 Å². The van der Waals surface area contributed by atoms with Crippen molar-refractivity contribution in [2.75, 3.05) is 19.7 Å². The zero-order chi connectivity index (χ0) is 12.4. The molecule has 96 valence electrons. The largest absolute Gasteiger partial charge is 0.376 e. The van der Waals surface area contributed by atoms with E-state index in [2.05, 4.69) is 0 Å². The van der Waals surface area contributed by atoms with Crippen LogP contribution in [0.1, 0.15) is 29.6 Å². The van der Waals surface area contributed by atoms with Crippen molar-refractivity contribution in [1.82, 2.24) is 4.90 Å². The van der Waals surface area contributed by atoms with Gasteiger partial charge in [0.1, 0.15) is 0 Å². The van der Waals surface area contributed by atoms with E-state index < -0.39 is 0 Å². The molecule has 1 aliphatic carbocycles. The maximum atomic E-state index is 12.2. The van der Waals surface area contributed by atoms with Crippen LogP contribution in [0.25, 0.3) is 0 Å². The average Bonchev–Trinajstić information content (AvgIpc) is 3.14. The molecule has 0 N–H and O–H groups in total. The number of amides is 1. The van der Waals surface area contributed by atoms with Gasteiger partial charge in [-0.15, -0.1) is 0 Å². The van der Waals surface area contributed by atoms with Gasteiger partial charge >= 0.3 is 0 Å². The summed E-state index contributed by atoms with van der Waals surface area (Å²) in [5, 5.41) is 0. The highest BCUT2D eigenvalue weighted by Crippen LogP contribution is 2.30. The third-order valence-electron chi connectivity index (χ3n) is 3.72. The second-order valence-corrected chi connectivity index (χ2v) is 5.30. The fourth-order valence-corrected chi connectivity index (χ4v) is 2.37. The molecule has 2 aliphatic rings. The van der Waals surface area contributed by atoms with Crippen molar-refractivity contribution >= 4 is 5.91 Å². The average molecular weight is 245 g/mol. The highest BCUT2D eigenvalue weighted by Gasteiger charge is 2.29. The smallest absolute Gasteiger partial charge is 0.253 e. The zero-order valence-electron chi connectivity index (χ0n) is 10.5. The van der Waals surface area contributed by atoms with Crippen LogP contribution in [-0.2, 0) is 4.74 Å². The van der Waals surface area contributed by atoms with E-state index in [1.54, 1.807) is 0 Å². The Morgan fingerprint density at radius 3 is 2.72 bits per heavy atom. The summed E-state index contributed by atoms with van der Waals surface area (Å²) in [5.41, 5.74) is 0.778. The van der Waals surface area contributed by atoms with E-state index >= 15 is 0 Å². The molecule has 18 heavy (non-hydrogen) atoms. The minimum Gasteiger partial charge on any atom is -0.376 e. The molecular formula is C15H19NO2. The number of carbonyl (C=O) groups excluding carboxylic acids is 1. The SMILES string of the molecule is O=C(c1ccccc1)N1CCC(OCC2CC2)C1. The number of hydrogen-bond donors (Lipinski definition) is 0. The van der Waals surface area contributed by atoms with Crippen molar-refractivity contribution < 1.29 is 9.53 Å². The van der Waals surface area contributed by atoms with Gasteiger partial charge in [0.25, 0.3) is 5.91 Å². The molecule has 3 nitrogen and oxygen atoms in total. The second kappa shape index (κ2) is 5.11. The summed E-state index contributed by atoms with van der Waals surface area (Å²) in [5.74, 6) is 0.928. The topological polar surface area (TPSA) is 29.5 Å². The Morgan fingerprint density at radius 2 is 2.00 bits per heavy atom. The van der Waals surface area contributed by atoms with Crippen LogP contribution in [0, 0.1) is 5.92 Å². The highest BCUT2D eigenvalue weighted by molar-refractivity contribution is 5.94. The van der Waals surface area contributed by atoms with Crippen molar-refractivity contribution in [3.05, 3.63) is 35.9 Å². The van der Waals surface area contributed by atoms with Crippen LogP contribution in [0.3, 0.4) is 0 Å². The maximum Gasteiger partial charge on any atom is 0.253 e. The van der Waals surface area contributed by atoms with Gasteiger partial charge in [-0.2, -0.15) is 0 Å². The Labute approximate surface area is 108 Å². The summed E-state index contributed by atoms with van der Waals surface area (Å²) < 4.78 is 5.85. The minimum absolute atomic E-state index is 0.133. The molecule has 1 saturated carbocycles. The lowest BCUT2D eigenvalue weighted by Crippen LogP contribution is -2.30. The molecule has 1 amide bonds. The molecule has 2 fully saturated rings. The van der Waals surface area contributed by atoms with E-state index in [0.717, 1.165) is 37.6 Å². The molecule has 1 aliphatic heterocycles. The first-order valence-electron chi connectivity index (χ1n) is 6.79. The Kier molecular flexibility index (Phi) is 3.33. The second-order valence-electron chi connectivity index (χ2n) is 5.30. The third kappa shape index (κ3) is 2.72. The fraction of sp³-hybridized carbons (Fsp3) is 0.533. The van der Waals surface area contributed by atoms with Crippen LogP contribution in [0.5, 0.6) is 0 Å². The van der Waals surface area contributed by atoms with Gasteiger partial charge in [0.05, 0.1) is 6.10 Å². The van der Waals surface area contributed by atoms with Crippen molar-refractivity contribution in [3.8, 4) is 0 Å². The van der Waals surface area contributed by atoms with E-state index in [1.807, 2.05) is 35.2 Å². The number of hydrogen-bond acceptors (Lipinski definition) is 2. The van der Waals surface area contributed by atoms with Crippen molar-refractivity contribution in [2.45, 2.75) is 25.4 Å². The molecule has 1 unspecified atom stereocenters. The number of rotatable bonds is 4. The fourth-order valence-electron chi connectivity index (χ4n) is 2.37. The van der Waals surface area contributed by atoms with Crippen LogP contribution in [-0.4, -0.2) is 36.6 Å². The van der Waals surface area contributed by atoms with E-state index in [-0.39, 0.29) is 12.0 Å². The number of carbonyl (C=O) groups is 1. The molecule has 0 aromatic heterocycles. The van der Waals surface area contributed by atoms with Gasteiger partial charge in [0.15, 0.2) is 0 Å². The maximum absolute atomic E-state index is 12.2. The summed E-state index contributed by atoms with van der Waals surface area (Å²) in [4.78, 5) is 14.1. The lowest BCUT2D eigenvalue weighted by molar-refractivity contribution is 0.0480. The van der Waals surface area contributed by atoms with Crippen molar-refractivity contribution in [3.63, 3.8) is 0 Å². The van der Waals surface area contributed by atoms with Crippen LogP contribution in [0.15, 0.2) is 30.3 Å². The van der Waals surface area contributed by atoms with Crippen LogP contribution < -0.4 is 0 Å². The molecule has 0 radical (unpaired) electrons. The van der Waals surface area contributed by atoms with Gasteiger partial charge in [0, 0.05) is 25.3 Å². The minimum atomic E-state index is 0.133. The summed E-state index contributed by atoms with van der Waals surface area (Å²) in [6.45, 7) is 2.46. The highest BCUT2D eigenvalue weighted by atomic mass is 16.5. The van der Waals surface area contributed by atoms with Gasteiger partial charge in [-0.05, 0) is 37.3 Å². The standard InChI is InChI=1S/C15H19NO2/c17-15(13-4-2-1-3-5-13)16-9-8-14(10-16)18-11-12-6-7-12/h1-5,12,14H,6-11H2. The normalized spacial score (nSPS) is 23.3. The molecule has 0 spiro atoms. The quantitative estimate of drug-likeness (QED) is 0.814. The molecule has 3 heteroatoms. The number of nitrogens with zero attached hydrogens (tertiary/aromatic N) is 1. The molecule has 1 atom stereocenters. The predicted molar refractivity (Wildman–Crippen MR) is 69.4 cm³/mol. The molecule has 1 aromatic rings. The lowest BCUT2D eigenvalue weighted by Gasteiger charge is -2.16. The van der Waals surface area contributed by atoms with E-state index in [4.69, 9.17) is 4.74 Å². The van der Waals surface area contributed by atoms with Crippen molar-refractivity contribution in [1.29, 1.82) is 0 Å². The van der Waals surface area contributed by atoms with Gasteiger partial charge < -0.3 is 9.64 Å². The summed E-state index contributed by atoms with van der Waals surface area (Å²) in [6, 6.07) is 9.50. The van der Waals surface area contributed by atoms with Gasteiger partial charge in [-0.25, -0.2) is 0 Å². The van der Waals surface area contributed by atoms with E-state index in [0.29, 0.717) is 0 Å².